The number of hydrogen-bond acceptors (Lipinski definition) is 4. The smallest absolute Gasteiger partial charge is 0.244 e. The highest BCUT2D eigenvalue weighted by Gasteiger charge is 2.52. The number of thioether (sulfide) groups is 1. The average molecular weight is 348 g/mol. The van der Waals surface area contributed by atoms with E-state index in [4.69, 9.17) is 4.74 Å². The summed E-state index contributed by atoms with van der Waals surface area (Å²) in [6.45, 7) is 6.53. The molecule has 1 aromatic carbocycles. The molecule has 3 rings (SSSR count). The third-order valence-electron chi connectivity index (χ3n) is 4.79. The Balaban J connectivity index is 1.72. The highest BCUT2D eigenvalue weighted by atomic mass is 32.2. The molecule has 2 saturated heterocycles. The van der Waals surface area contributed by atoms with Crippen LogP contribution in [0.25, 0.3) is 0 Å². The molecule has 1 N–H and O–H groups in total. The van der Waals surface area contributed by atoms with E-state index in [9.17, 15) is 9.59 Å². The summed E-state index contributed by atoms with van der Waals surface area (Å²) in [5.74, 6) is 1.45. The maximum atomic E-state index is 12.8. The highest BCUT2D eigenvalue weighted by molar-refractivity contribution is 8.01. The summed E-state index contributed by atoms with van der Waals surface area (Å²) in [5, 5.41) is 3.06. The lowest BCUT2D eigenvalue weighted by molar-refractivity contribution is -0.138. The Morgan fingerprint density at radius 3 is 3.00 bits per heavy atom. The van der Waals surface area contributed by atoms with Gasteiger partial charge in [-0.15, -0.1) is 11.8 Å². The standard InChI is InChI=1S/C18H24N2O3S/c1-4-23-15-8-6-5-7-13(15)12(2)19-17(22)14-11-24-18(3)10-9-16(21)20(14)18/h5-8,12,14H,4,9-11H2,1-3H3,(H,19,22)/t12?,14-,18-/m0/s1. The predicted octanol–water partition coefficient (Wildman–Crippen LogP) is 2.72. The number of carbonyl (C=O) groups excluding carboxylic acids is 2. The molecule has 0 aromatic heterocycles. The maximum Gasteiger partial charge on any atom is 0.244 e. The number of para-hydroxylation sites is 1. The molecule has 0 saturated carbocycles. The van der Waals surface area contributed by atoms with E-state index in [0.717, 1.165) is 17.7 Å². The van der Waals surface area contributed by atoms with Crippen LogP contribution in [-0.4, -0.2) is 40.0 Å². The van der Waals surface area contributed by atoms with Crippen LogP contribution >= 0.6 is 11.8 Å². The van der Waals surface area contributed by atoms with Gasteiger partial charge in [0, 0.05) is 17.7 Å². The van der Waals surface area contributed by atoms with Gasteiger partial charge in [-0.1, -0.05) is 18.2 Å². The summed E-state index contributed by atoms with van der Waals surface area (Å²) in [7, 11) is 0. The first-order chi connectivity index (χ1) is 11.5. The quantitative estimate of drug-likeness (QED) is 0.889. The van der Waals surface area contributed by atoms with Crippen molar-refractivity contribution in [1.82, 2.24) is 10.2 Å². The second-order valence-corrected chi connectivity index (χ2v) is 7.97. The Labute approximate surface area is 147 Å². The van der Waals surface area contributed by atoms with Gasteiger partial charge in [0.2, 0.25) is 11.8 Å². The molecule has 0 bridgehead atoms. The second kappa shape index (κ2) is 6.67. The first-order valence-corrected chi connectivity index (χ1v) is 9.43. The zero-order valence-electron chi connectivity index (χ0n) is 14.4. The third kappa shape index (κ3) is 2.99. The van der Waals surface area contributed by atoms with Crippen molar-refractivity contribution in [2.75, 3.05) is 12.4 Å². The van der Waals surface area contributed by atoms with Crippen molar-refractivity contribution in [3.8, 4) is 5.75 Å². The van der Waals surface area contributed by atoms with Gasteiger partial charge in [0.15, 0.2) is 0 Å². The van der Waals surface area contributed by atoms with E-state index in [0.29, 0.717) is 18.8 Å². The van der Waals surface area contributed by atoms with Gasteiger partial charge in [0.25, 0.3) is 0 Å². The molecule has 6 heteroatoms. The van der Waals surface area contributed by atoms with E-state index in [-0.39, 0.29) is 28.8 Å². The van der Waals surface area contributed by atoms with Crippen molar-refractivity contribution in [1.29, 1.82) is 0 Å². The molecule has 2 fully saturated rings. The van der Waals surface area contributed by atoms with Crippen molar-refractivity contribution in [3.05, 3.63) is 29.8 Å². The topological polar surface area (TPSA) is 58.6 Å². The first kappa shape index (κ1) is 17.1. The van der Waals surface area contributed by atoms with E-state index in [1.807, 2.05) is 38.1 Å². The molecule has 130 valence electrons. The molecule has 5 nitrogen and oxygen atoms in total. The predicted molar refractivity (Wildman–Crippen MR) is 94.9 cm³/mol. The number of rotatable bonds is 5. The highest BCUT2D eigenvalue weighted by Crippen LogP contribution is 2.47. The molecule has 2 heterocycles. The lowest BCUT2D eigenvalue weighted by atomic mass is 10.1. The van der Waals surface area contributed by atoms with Crippen molar-refractivity contribution < 1.29 is 14.3 Å². The summed E-state index contributed by atoms with van der Waals surface area (Å²) in [6.07, 6.45) is 1.36. The van der Waals surface area contributed by atoms with Crippen LogP contribution in [0.15, 0.2) is 24.3 Å². The largest absolute Gasteiger partial charge is 0.494 e. The minimum Gasteiger partial charge on any atom is -0.494 e. The molecule has 3 atom stereocenters. The number of fused-ring (bicyclic) bond motifs is 1. The Morgan fingerprint density at radius 2 is 2.25 bits per heavy atom. The van der Waals surface area contributed by atoms with E-state index in [1.54, 1.807) is 16.7 Å². The zero-order chi connectivity index (χ0) is 17.3. The third-order valence-corrected chi connectivity index (χ3v) is 6.30. The summed E-state index contributed by atoms with van der Waals surface area (Å²) in [5.41, 5.74) is 0.953. The van der Waals surface area contributed by atoms with Crippen LogP contribution in [0.5, 0.6) is 5.75 Å². The lowest BCUT2D eigenvalue weighted by Crippen LogP contribution is -2.50. The van der Waals surface area contributed by atoms with Crippen molar-refractivity contribution in [3.63, 3.8) is 0 Å². The molecule has 1 aromatic rings. The van der Waals surface area contributed by atoms with Crippen molar-refractivity contribution in [2.45, 2.75) is 50.6 Å². The fourth-order valence-electron chi connectivity index (χ4n) is 3.53. The van der Waals surface area contributed by atoms with Gasteiger partial charge in [-0.3, -0.25) is 9.59 Å². The van der Waals surface area contributed by atoms with Crippen LogP contribution in [0.2, 0.25) is 0 Å². The van der Waals surface area contributed by atoms with E-state index in [1.165, 1.54) is 0 Å². The van der Waals surface area contributed by atoms with Crippen LogP contribution in [0.3, 0.4) is 0 Å². The van der Waals surface area contributed by atoms with Crippen LogP contribution in [0, 0.1) is 0 Å². The van der Waals surface area contributed by atoms with Gasteiger partial charge in [-0.2, -0.15) is 0 Å². The van der Waals surface area contributed by atoms with Gasteiger partial charge in [0.05, 0.1) is 17.5 Å². The molecule has 0 spiro atoms. The SMILES string of the molecule is CCOc1ccccc1C(C)NC(=O)[C@@H]1CS[C@@]2(C)CCC(=O)N12. The molecule has 24 heavy (non-hydrogen) atoms. The summed E-state index contributed by atoms with van der Waals surface area (Å²) >= 11 is 1.71. The number of nitrogens with one attached hydrogen (secondary N) is 1. The Bertz CT molecular complexity index is 651. The second-order valence-electron chi connectivity index (χ2n) is 6.47. The first-order valence-electron chi connectivity index (χ1n) is 8.44. The number of amides is 2. The number of benzene rings is 1. The van der Waals surface area contributed by atoms with Gasteiger partial charge in [0.1, 0.15) is 11.8 Å². The van der Waals surface area contributed by atoms with Crippen LogP contribution < -0.4 is 10.1 Å². The monoisotopic (exact) mass is 348 g/mol. The molecule has 2 aliphatic rings. The molecular weight excluding hydrogens is 324 g/mol. The lowest BCUT2D eigenvalue weighted by Gasteiger charge is -2.30. The number of carbonyl (C=O) groups is 2. The average Bonchev–Trinajstić information content (AvgIpc) is 3.05. The zero-order valence-corrected chi connectivity index (χ0v) is 15.2. The fourth-order valence-corrected chi connectivity index (χ4v) is 4.96. The molecule has 2 aliphatic heterocycles. The fraction of sp³-hybridized carbons (Fsp3) is 0.556. The number of hydrogen-bond donors (Lipinski definition) is 1. The molecular formula is C18H24N2O3S. The molecule has 2 amide bonds. The molecule has 1 unspecified atom stereocenters. The van der Waals surface area contributed by atoms with Gasteiger partial charge < -0.3 is 15.0 Å². The van der Waals surface area contributed by atoms with Gasteiger partial charge >= 0.3 is 0 Å². The van der Waals surface area contributed by atoms with Gasteiger partial charge in [-0.05, 0) is 33.3 Å². The minimum atomic E-state index is -0.378. The van der Waals surface area contributed by atoms with E-state index in [2.05, 4.69) is 12.2 Å². The van der Waals surface area contributed by atoms with Gasteiger partial charge in [-0.25, -0.2) is 0 Å². The summed E-state index contributed by atoms with van der Waals surface area (Å²) < 4.78 is 5.65. The van der Waals surface area contributed by atoms with Crippen LogP contribution in [-0.2, 0) is 9.59 Å². The van der Waals surface area contributed by atoms with Crippen molar-refractivity contribution in [2.24, 2.45) is 0 Å². The summed E-state index contributed by atoms with van der Waals surface area (Å²) in [4.78, 5) is 26.5. The van der Waals surface area contributed by atoms with Crippen LogP contribution in [0.4, 0.5) is 0 Å². The Kier molecular flexibility index (Phi) is 4.76. The molecule has 0 aliphatic carbocycles. The minimum absolute atomic E-state index is 0.0831. The normalized spacial score (nSPS) is 27.0. The number of ether oxygens (including phenoxy) is 1. The molecule has 0 radical (unpaired) electrons. The van der Waals surface area contributed by atoms with E-state index >= 15 is 0 Å². The summed E-state index contributed by atoms with van der Waals surface area (Å²) in [6, 6.07) is 7.18. The van der Waals surface area contributed by atoms with E-state index < -0.39 is 0 Å². The van der Waals surface area contributed by atoms with Crippen LogP contribution in [0.1, 0.15) is 45.2 Å². The maximum absolute atomic E-state index is 12.8. The number of nitrogens with zero attached hydrogens (tertiary/aromatic N) is 1. The van der Waals surface area contributed by atoms with Crippen molar-refractivity contribution >= 4 is 23.6 Å². The Morgan fingerprint density at radius 1 is 1.50 bits per heavy atom. The Hall–Kier alpha value is -1.69.